The minimum absolute atomic E-state index is 0.0110. The van der Waals surface area contributed by atoms with Gasteiger partial charge in [-0.1, -0.05) is 12.1 Å². The van der Waals surface area contributed by atoms with Crippen molar-refractivity contribution in [2.75, 3.05) is 12.0 Å². The Hall–Kier alpha value is -1.73. The van der Waals surface area contributed by atoms with Crippen molar-refractivity contribution in [2.45, 2.75) is 15.5 Å². The third-order valence-electron chi connectivity index (χ3n) is 2.91. The molecule has 2 aromatic carbocycles. The molecule has 2 aromatic rings. The average molecular weight is 327 g/mol. The van der Waals surface area contributed by atoms with Crippen molar-refractivity contribution in [3.8, 4) is 0 Å². The van der Waals surface area contributed by atoms with E-state index in [1.165, 1.54) is 36.4 Å². The van der Waals surface area contributed by atoms with Crippen molar-refractivity contribution in [3.63, 3.8) is 0 Å². The molecular weight excluding hydrogens is 313 g/mol. The zero-order valence-corrected chi connectivity index (χ0v) is 12.9. The number of hydrogen-bond donors (Lipinski definition) is 1. The molecule has 0 aliphatic heterocycles. The Labute approximate surface area is 125 Å². The summed E-state index contributed by atoms with van der Waals surface area (Å²) in [5, 5.41) is 0. The number of nitrogens with two attached hydrogens (primary N) is 1. The molecule has 0 saturated heterocycles. The van der Waals surface area contributed by atoms with Crippen LogP contribution in [0, 0.1) is 5.82 Å². The maximum Gasteiger partial charge on any atom is 0.175 e. The van der Waals surface area contributed by atoms with Crippen LogP contribution in [0.4, 0.5) is 10.1 Å². The molecule has 0 aliphatic rings. The van der Waals surface area contributed by atoms with E-state index in [0.717, 1.165) is 6.26 Å². The quantitative estimate of drug-likeness (QED) is 0.873. The Morgan fingerprint density at radius 2 is 1.76 bits per heavy atom. The Morgan fingerprint density at radius 1 is 1.14 bits per heavy atom. The smallest absolute Gasteiger partial charge is 0.175 e. The lowest BCUT2D eigenvalue weighted by Crippen LogP contribution is -2.02. The Morgan fingerprint density at radius 3 is 2.33 bits per heavy atom. The van der Waals surface area contributed by atoms with Crippen molar-refractivity contribution in [3.05, 3.63) is 53.8 Å². The molecule has 112 valence electrons. The van der Waals surface area contributed by atoms with Gasteiger partial charge in [-0.3, -0.25) is 4.21 Å². The van der Waals surface area contributed by atoms with E-state index in [2.05, 4.69) is 0 Å². The lowest BCUT2D eigenvalue weighted by Gasteiger charge is -2.06. The number of rotatable bonds is 4. The second kappa shape index (κ2) is 5.95. The maximum atomic E-state index is 13.8. The monoisotopic (exact) mass is 327 g/mol. The largest absolute Gasteiger partial charge is 0.396 e. The molecule has 0 saturated carbocycles. The van der Waals surface area contributed by atoms with Crippen molar-refractivity contribution >= 4 is 26.3 Å². The van der Waals surface area contributed by atoms with Crippen LogP contribution < -0.4 is 5.73 Å². The standard InChI is InChI=1S/C14H14FNO3S2/c1-21(18,19)12-7-5-11(6-8-12)20(17)9-10-3-2-4-13(16)14(10)15/h2-8H,9,16H2,1H3. The molecule has 4 nitrogen and oxygen atoms in total. The third kappa shape index (κ3) is 3.68. The summed E-state index contributed by atoms with van der Waals surface area (Å²) < 4.78 is 48.6. The van der Waals surface area contributed by atoms with E-state index in [1.807, 2.05) is 0 Å². The number of sulfone groups is 1. The van der Waals surface area contributed by atoms with Gasteiger partial charge in [0, 0.05) is 16.7 Å². The van der Waals surface area contributed by atoms with Gasteiger partial charge in [0.25, 0.3) is 0 Å². The number of nitrogen functional groups attached to an aromatic ring is 1. The zero-order chi connectivity index (χ0) is 15.6. The molecule has 7 heteroatoms. The molecular formula is C14H14FNO3S2. The first kappa shape index (κ1) is 15.7. The van der Waals surface area contributed by atoms with Crippen LogP contribution in [0.5, 0.6) is 0 Å². The highest BCUT2D eigenvalue weighted by Gasteiger charge is 2.12. The first-order chi connectivity index (χ1) is 9.79. The lowest BCUT2D eigenvalue weighted by atomic mass is 10.2. The highest BCUT2D eigenvalue weighted by atomic mass is 32.2. The second-order valence-corrected chi connectivity index (χ2v) is 8.02. The first-order valence-electron chi connectivity index (χ1n) is 6.00. The summed E-state index contributed by atoms with van der Waals surface area (Å²) in [5.74, 6) is -0.589. The highest BCUT2D eigenvalue weighted by molar-refractivity contribution is 7.90. The molecule has 0 bridgehead atoms. The van der Waals surface area contributed by atoms with E-state index < -0.39 is 26.5 Å². The normalized spacial score (nSPS) is 13.0. The molecule has 0 aliphatic carbocycles. The van der Waals surface area contributed by atoms with Gasteiger partial charge in [-0.25, -0.2) is 12.8 Å². The predicted octanol–water partition coefficient (Wildman–Crippen LogP) is 2.12. The number of anilines is 1. The molecule has 0 aromatic heterocycles. The minimum atomic E-state index is -3.29. The summed E-state index contributed by atoms with van der Waals surface area (Å²) in [7, 11) is -4.77. The highest BCUT2D eigenvalue weighted by Crippen LogP contribution is 2.20. The topological polar surface area (TPSA) is 77.2 Å². The van der Waals surface area contributed by atoms with Gasteiger partial charge in [0.05, 0.1) is 27.1 Å². The van der Waals surface area contributed by atoms with Crippen molar-refractivity contribution in [1.29, 1.82) is 0 Å². The fourth-order valence-corrected chi connectivity index (χ4v) is 3.52. The Balaban J connectivity index is 2.23. The SMILES string of the molecule is CS(=O)(=O)c1ccc(S(=O)Cc2cccc(N)c2F)cc1. The molecule has 0 fully saturated rings. The maximum absolute atomic E-state index is 13.8. The molecule has 21 heavy (non-hydrogen) atoms. The summed E-state index contributed by atoms with van der Waals surface area (Å²) in [6, 6.07) is 10.3. The summed E-state index contributed by atoms with van der Waals surface area (Å²) in [5.41, 5.74) is 5.74. The first-order valence-corrected chi connectivity index (χ1v) is 9.21. The van der Waals surface area contributed by atoms with Gasteiger partial charge in [-0.15, -0.1) is 0 Å². The van der Waals surface area contributed by atoms with Crippen LogP contribution in [0.2, 0.25) is 0 Å². The number of benzene rings is 2. The van der Waals surface area contributed by atoms with Crippen molar-refractivity contribution < 1.29 is 17.0 Å². The van der Waals surface area contributed by atoms with E-state index in [4.69, 9.17) is 5.73 Å². The van der Waals surface area contributed by atoms with E-state index in [-0.39, 0.29) is 21.9 Å². The van der Waals surface area contributed by atoms with Crippen LogP contribution >= 0.6 is 0 Å². The van der Waals surface area contributed by atoms with Crippen LogP contribution in [-0.2, 0) is 26.4 Å². The molecule has 0 amide bonds. The van der Waals surface area contributed by atoms with Gasteiger partial charge in [-0.05, 0) is 30.3 Å². The van der Waals surface area contributed by atoms with Crippen LogP contribution in [0.1, 0.15) is 5.56 Å². The Bertz CT molecular complexity index is 786. The molecule has 1 unspecified atom stereocenters. The summed E-state index contributed by atoms with van der Waals surface area (Å²) >= 11 is 0. The molecule has 0 radical (unpaired) electrons. The molecule has 1 atom stereocenters. The molecule has 0 heterocycles. The second-order valence-electron chi connectivity index (χ2n) is 4.55. The average Bonchev–Trinajstić information content (AvgIpc) is 2.43. The van der Waals surface area contributed by atoms with Gasteiger partial charge < -0.3 is 5.73 Å². The van der Waals surface area contributed by atoms with Crippen molar-refractivity contribution in [1.82, 2.24) is 0 Å². The van der Waals surface area contributed by atoms with Crippen LogP contribution in [0.15, 0.2) is 52.3 Å². The summed E-state index contributed by atoms with van der Waals surface area (Å²) in [4.78, 5) is 0.586. The van der Waals surface area contributed by atoms with Gasteiger partial charge in [0.1, 0.15) is 5.82 Å². The van der Waals surface area contributed by atoms with Crippen molar-refractivity contribution in [2.24, 2.45) is 0 Å². The minimum Gasteiger partial charge on any atom is -0.396 e. The fourth-order valence-electron chi connectivity index (χ4n) is 1.77. The Kier molecular flexibility index (Phi) is 4.43. The van der Waals surface area contributed by atoms with Crippen LogP contribution in [0.25, 0.3) is 0 Å². The van der Waals surface area contributed by atoms with Gasteiger partial charge in [0.15, 0.2) is 9.84 Å². The zero-order valence-electron chi connectivity index (χ0n) is 11.2. The number of hydrogen-bond acceptors (Lipinski definition) is 4. The number of halogens is 1. The molecule has 2 rings (SSSR count). The third-order valence-corrected chi connectivity index (χ3v) is 5.41. The van der Waals surface area contributed by atoms with E-state index >= 15 is 0 Å². The van der Waals surface area contributed by atoms with E-state index in [9.17, 15) is 17.0 Å². The fraction of sp³-hybridized carbons (Fsp3) is 0.143. The lowest BCUT2D eigenvalue weighted by molar-refractivity contribution is 0.601. The van der Waals surface area contributed by atoms with Crippen LogP contribution in [0.3, 0.4) is 0 Å². The van der Waals surface area contributed by atoms with E-state index in [1.54, 1.807) is 6.07 Å². The summed E-state index contributed by atoms with van der Waals surface area (Å²) in [6.45, 7) is 0. The van der Waals surface area contributed by atoms with Gasteiger partial charge >= 0.3 is 0 Å². The van der Waals surface area contributed by atoms with E-state index in [0.29, 0.717) is 4.90 Å². The van der Waals surface area contributed by atoms with Crippen LogP contribution in [-0.4, -0.2) is 18.9 Å². The molecule has 2 N–H and O–H groups in total. The van der Waals surface area contributed by atoms with Gasteiger partial charge in [0.2, 0.25) is 0 Å². The summed E-state index contributed by atoms with van der Waals surface area (Å²) in [6.07, 6.45) is 1.10. The van der Waals surface area contributed by atoms with Gasteiger partial charge in [-0.2, -0.15) is 0 Å². The predicted molar refractivity (Wildman–Crippen MR) is 80.5 cm³/mol. The molecule has 0 spiro atoms.